The van der Waals surface area contributed by atoms with Gasteiger partial charge in [0, 0.05) is 19.9 Å². The predicted molar refractivity (Wildman–Crippen MR) is 52.3 cm³/mol. The van der Waals surface area contributed by atoms with Crippen molar-refractivity contribution in [3.05, 3.63) is 24.4 Å². The smallest absolute Gasteiger partial charge is 0.144 e. The average Bonchev–Trinajstić information content (AvgIpc) is 2.19. The van der Waals surface area contributed by atoms with Crippen molar-refractivity contribution in [2.45, 2.75) is 6.92 Å². The first kappa shape index (κ1) is 9.95. The molecule has 0 radical (unpaired) electrons. The lowest BCUT2D eigenvalue weighted by Gasteiger charge is -2.22. The first-order valence-electron chi connectivity index (χ1n) is 4.29. The van der Waals surface area contributed by atoms with Crippen molar-refractivity contribution in [2.75, 3.05) is 25.4 Å². The van der Waals surface area contributed by atoms with Crippen LogP contribution in [0.3, 0.4) is 0 Å². The summed E-state index contributed by atoms with van der Waals surface area (Å²) in [7, 11) is 1.66. The number of methoxy groups -OCH3 is 1. The molecule has 0 bridgehead atoms. The molecule has 0 saturated carbocycles. The van der Waals surface area contributed by atoms with E-state index in [4.69, 9.17) is 4.74 Å². The van der Waals surface area contributed by atoms with Gasteiger partial charge in [-0.2, -0.15) is 0 Å². The molecule has 4 heteroatoms. The zero-order valence-electron chi connectivity index (χ0n) is 8.03. The van der Waals surface area contributed by atoms with Crippen LogP contribution < -0.4 is 10.4 Å². The van der Waals surface area contributed by atoms with E-state index in [0.29, 0.717) is 6.73 Å². The zero-order valence-corrected chi connectivity index (χ0v) is 8.03. The van der Waals surface area contributed by atoms with Gasteiger partial charge in [-0.25, -0.2) is 10.4 Å². The first-order valence-corrected chi connectivity index (χ1v) is 4.29. The van der Waals surface area contributed by atoms with E-state index >= 15 is 0 Å². The lowest BCUT2D eigenvalue weighted by Crippen LogP contribution is -2.39. The van der Waals surface area contributed by atoms with E-state index in [0.717, 1.165) is 12.4 Å². The quantitative estimate of drug-likeness (QED) is 0.543. The average molecular weight is 181 g/mol. The Balaban J connectivity index is 2.64. The van der Waals surface area contributed by atoms with Gasteiger partial charge in [0.2, 0.25) is 0 Å². The summed E-state index contributed by atoms with van der Waals surface area (Å²) >= 11 is 0. The number of hydrogen-bond acceptors (Lipinski definition) is 4. The summed E-state index contributed by atoms with van der Waals surface area (Å²) in [6.07, 6.45) is 1.76. The maximum Gasteiger partial charge on any atom is 0.144 e. The summed E-state index contributed by atoms with van der Waals surface area (Å²) in [4.78, 5) is 4.20. The van der Waals surface area contributed by atoms with E-state index in [1.807, 2.05) is 30.1 Å². The molecule has 0 aliphatic carbocycles. The normalized spacial score (nSPS) is 10.0. The summed E-state index contributed by atoms with van der Waals surface area (Å²) in [6, 6.07) is 5.77. The van der Waals surface area contributed by atoms with Crippen LogP contribution in [0.2, 0.25) is 0 Å². The molecule has 72 valence electrons. The van der Waals surface area contributed by atoms with Crippen molar-refractivity contribution >= 4 is 5.82 Å². The van der Waals surface area contributed by atoms with Crippen LogP contribution in [0.5, 0.6) is 0 Å². The van der Waals surface area contributed by atoms with Gasteiger partial charge < -0.3 is 4.74 Å². The maximum absolute atomic E-state index is 5.03. The van der Waals surface area contributed by atoms with Crippen LogP contribution >= 0.6 is 0 Å². The van der Waals surface area contributed by atoms with Crippen molar-refractivity contribution in [3.8, 4) is 0 Å². The van der Waals surface area contributed by atoms with E-state index in [1.165, 1.54) is 0 Å². The fraction of sp³-hybridized carbons (Fsp3) is 0.444. The van der Waals surface area contributed by atoms with Crippen molar-refractivity contribution < 1.29 is 4.74 Å². The number of anilines is 1. The lowest BCUT2D eigenvalue weighted by molar-refractivity contribution is 0.187. The Morgan fingerprint density at radius 1 is 1.54 bits per heavy atom. The monoisotopic (exact) mass is 181 g/mol. The number of hydrogen-bond donors (Lipinski definition) is 1. The fourth-order valence-electron chi connectivity index (χ4n) is 1.03. The minimum atomic E-state index is 0.491. The highest BCUT2D eigenvalue weighted by atomic mass is 16.5. The van der Waals surface area contributed by atoms with Gasteiger partial charge in [-0.1, -0.05) is 13.0 Å². The van der Waals surface area contributed by atoms with Gasteiger partial charge in [0.15, 0.2) is 0 Å². The van der Waals surface area contributed by atoms with E-state index in [9.17, 15) is 0 Å². The van der Waals surface area contributed by atoms with Gasteiger partial charge in [-0.15, -0.1) is 0 Å². The van der Waals surface area contributed by atoms with Crippen LogP contribution in [0.4, 0.5) is 5.82 Å². The molecule has 1 rings (SSSR count). The molecule has 0 aliphatic heterocycles. The fourth-order valence-corrected chi connectivity index (χ4v) is 1.03. The number of rotatable bonds is 5. The molecule has 0 saturated heterocycles. The van der Waals surface area contributed by atoms with Crippen LogP contribution in [0.15, 0.2) is 24.4 Å². The second-order valence-corrected chi connectivity index (χ2v) is 2.55. The molecule has 0 unspecified atom stereocenters. The second kappa shape index (κ2) is 5.50. The Morgan fingerprint density at radius 3 is 2.92 bits per heavy atom. The van der Waals surface area contributed by atoms with Gasteiger partial charge in [0.25, 0.3) is 0 Å². The van der Waals surface area contributed by atoms with E-state index in [1.54, 1.807) is 13.3 Å². The molecule has 0 amide bonds. The van der Waals surface area contributed by atoms with Crippen LogP contribution in [-0.4, -0.2) is 25.4 Å². The minimum absolute atomic E-state index is 0.491. The molecule has 0 atom stereocenters. The van der Waals surface area contributed by atoms with Crippen molar-refractivity contribution in [1.29, 1.82) is 0 Å². The third-order valence-corrected chi connectivity index (χ3v) is 1.53. The topological polar surface area (TPSA) is 37.4 Å². The van der Waals surface area contributed by atoms with E-state index in [2.05, 4.69) is 10.4 Å². The summed E-state index contributed by atoms with van der Waals surface area (Å²) in [6.45, 7) is 3.37. The van der Waals surface area contributed by atoms with Gasteiger partial charge in [0.1, 0.15) is 12.5 Å². The number of aromatic nitrogens is 1. The summed E-state index contributed by atoms with van der Waals surface area (Å²) < 4.78 is 5.03. The van der Waals surface area contributed by atoms with Gasteiger partial charge in [-0.3, -0.25) is 5.01 Å². The summed E-state index contributed by atoms with van der Waals surface area (Å²) in [5.74, 6) is 0.867. The lowest BCUT2D eigenvalue weighted by atomic mass is 10.4. The minimum Gasteiger partial charge on any atom is -0.363 e. The SMILES string of the molecule is CCNN(COC)c1ccccn1. The van der Waals surface area contributed by atoms with Crippen LogP contribution in [0, 0.1) is 0 Å². The van der Waals surface area contributed by atoms with E-state index < -0.39 is 0 Å². The molecule has 1 aromatic heterocycles. The Hall–Kier alpha value is -1.13. The second-order valence-electron chi connectivity index (χ2n) is 2.55. The zero-order chi connectivity index (χ0) is 9.52. The Bertz CT molecular complexity index is 222. The number of pyridine rings is 1. The molecule has 1 N–H and O–H groups in total. The molecule has 0 aromatic carbocycles. The van der Waals surface area contributed by atoms with Crippen LogP contribution in [-0.2, 0) is 4.74 Å². The number of nitrogens with one attached hydrogen (secondary N) is 1. The molecule has 0 fully saturated rings. The summed E-state index contributed by atoms with van der Waals surface area (Å²) in [5.41, 5.74) is 3.15. The standard InChI is InChI=1S/C9H15N3O/c1-3-11-12(8-13-2)9-6-4-5-7-10-9/h4-7,11H,3,8H2,1-2H3. The predicted octanol–water partition coefficient (Wildman–Crippen LogP) is 1.02. The Labute approximate surface area is 78.5 Å². The Kier molecular flexibility index (Phi) is 4.21. The molecular weight excluding hydrogens is 166 g/mol. The molecule has 4 nitrogen and oxygen atoms in total. The highest BCUT2D eigenvalue weighted by Gasteiger charge is 2.03. The van der Waals surface area contributed by atoms with Crippen LogP contribution in [0.25, 0.3) is 0 Å². The highest BCUT2D eigenvalue weighted by Crippen LogP contribution is 2.05. The molecular formula is C9H15N3O. The van der Waals surface area contributed by atoms with Gasteiger partial charge in [0.05, 0.1) is 0 Å². The molecule has 0 aliphatic rings. The van der Waals surface area contributed by atoms with E-state index in [-0.39, 0.29) is 0 Å². The molecule has 1 heterocycles. The van der Waals surface area contributed by atoms with Crippen molar-refractivity contribution in [2.24, 2.45) is 0 Å². The van der Waals surface area contributed by atoms with Crippen molar-refractivity contribution in [1.82, 2.24) is 10.4 Å². The largest absolute Gasteiger partial charge is 0.363 e. The molecule has 13 heavy (non-hydrogen) atoms. The van der Waals surface area contributed by atoms with Crippen molar-refractivity contribution in [3.63, 3.8) is 0 Å². The third-order valence-electron chi connectivity index (χ3n) is 1.53. The first-order chi connectivity index (χ1) is 6.38. The number of nitrogens with zero attached hydrogens (tertiary/aromatic N) is 2. The summed E-state index contributed by atoms with van der Waals surface area (Å²) in [5, 5.41) is 1.86. The maximum atomic E-state index is 5.03. The van der Waals surface area contributed by atoms with Gasteiger partial charge in [-0.05, 0) is 12.1 Å². The highest BCUT2D eigenvalue weighted by molar-refractivity contribution is 5.35. The van der Waals surface area contributed by atoms with Gasteiger partial charge >= 0.3 is 0 Å². The Morgan fingerprint density at radius 2 is 2.38 bits per heavy atom. The van der Waals surface area contributed by atoms with Crippen LogP contribution in [0.1, 0.15) is 6.92 Å². The molecule has 0 spiro atoms. The third kappa shape index (κ3) is 3.01. The number of ether oxygens (including phenoxy) is 1. The number of hydrazine groups is 1. The molecule has 1 aromatic rings.